The SMILES string of the molecule is O=Cc1c([N+](=O)[O-])ccc2c1Cc1ccccc1-2. The summed E-state index contributed by atoms with van der Waals surface area (Å²) in [5.74, 6) is 0. The molecule has 0 atom stereocenters. The number of hydrogen-bond donors (Lipinski definition) is 0. The first-order valence-electron chi connectivity index (χ1n) is 5.56. The number of carbonyl (C=O) groups is 1. The standard InChI is InChI=1S/C14H9NO3/c16-8-13-12-7-9-3-1-2-4-10(9)11(12)5-6-14(13)15(17)18/h1-6,8H,7H2. The lowest BCUT2D eigenvalue weighted by molar-refractivity contribution is -0.385. The fraction of sp³-hybridized carbons (Fsp3) is 0.0714. The molecular weight excluding hydrogens is 230 g/mol. The summed E-state index contributed by atoms with van der Waals surface area (Å²) in [5.41, 5.74) is 3.95. The first-order valence-corrected chi connectivity index (χ1v) is 5.56. The highest BCUT2D eigenvalue weighted by atomic mass is 16.6. The zero-order chi connectivity index (χ0) is 12.7. The molecule has 0 unspecified atom stereocenters. The summed E-state index contributed by atoms with van der Waals surface area (Å²) < 4.78 is 0. The lowest BCUT2D eigenvalue weighted by Crippen LogP contribution is -1.98. The van der Waals surface area contributed by atoms with Crippen molar-refractivity contribution < 1.29 is 9.72 Å². The summed E-state index contributed by atoms with van der Waals surface area (Å²) in [7, 11) is 0. The van der Waals surface area contributed by atoms with Crippen molar-refractivity contribution in [3.8, 4) is 11.1 Å². The summed E-state index contributed by atoms with van der Waals surface area (Å²) in [6.07, 6.45) is 1.17. The number of rotatable bonds is 2. The normalized spacial score (nSPS) is 11.8. The number of carbonyl (C=O) groups excluding carboxylic acids is 1. The average molecular weight is 239 g/mol. The second kappa shape index (κ2) is 3.77. The number of nitrogens with zero attached hydrogens (tertiary/aromatic N) is 1. The van der Waals surface area contributed by atoms with Crippen LogP contribution in [0.4, 0.5) is 5.69 Å². The Morgan fingerprint density at radius 1 is 1.11 bits per heavy atom. The van der Waals surface area contributed by atoms with E-state index in [2.05, 4.69) is 0 Å². The third-order valence-electron chi connectivity index (χ3n) is 3.32. The minimum absolute atomic E-state index is 0.114. The Balaban J connectivity index is 2.29. The second-order valence-corrected chi connectivity index (χ2v) is 4.23. The van der Waals surface area contributed by atoms with Crippen molar-refractivity contribution in [1.82, 2.24) is 0 Å². The van der Waals surface area contributed by atoms with E-state index in [0.717, 1.165) is 22.3 Å². The van der Waals surface area contributed by atoms with Gasteiger partial charge in [-0.15, -0.1) is 0 Å². The largest absolute Gasteiger partial charge is 0.298 e. The Bertz CT molecular complexity index is 677. The molecule has 0 radical (unpaired) electrons. The number of nitro groups is 1. The third-order valence-corrected chi connectivity index (χ3v) is 3.32. The zero-order valence-corrected chi connectivity index (χ0v) is 9.42. The molecule has 0 aliphatic heterocycles. The van der Waals surface area contributed by atoms with Crippen LogP contribution in [0.2, 0.25) is 0 Å². The number of benzene rings is 2. The topological polar surface area (TPSA) is 60.2 Å². The Morgan fingerprint density at radius 2 is 1.89 bits per heavy atom. The molecular formula is C14H9NO3. The van der Waals surface area contributed by atoms with Gasteiger partial charge < -0.3 is 0 Å². The molecule has 0 amide bonds. The summed E-state index contributed by atoms with van der Waals surface area (Å²) in [6, 6.07) is 10.9. The lowest BCUT2D eigenvalue weighted by Gasteiger charge is -2.03. The van der Waals surface area contributed by atoms with Crippen LogP contribution in [0.1, 0.15) is 21.5 Å². The van der Waals surface area contributed by atoms with Gasteiger partial charge in [0.2, 0.25) is 0 Å². The average Bonchev–Trinajstić information content (AvgIpc) is 2.75. The molecule has 18 heavy (non-hydrogen) atoms. The van der Waals surface area contributed by atoms with Crippen LogP contribution >= 0.6 is 0 Å². The Hall–Kier alpha value is -2.49. The Morgan fingerprint density at radius 3 is 2.61 bits per heavy atom. The van der Waals surface area contributed by atoms with Gasteiger partial charge in [0.1, 0.15) is 0 Å². The Labute approximate surface area is 103 Å². The molecule has 0 bridgehead atoms. The van der Waals surface area contributed by atoms with Gasteiger partial charge >= 0.3 is 0 Å². The van der Waals surface area contributed by atoms with Crippen molar-refractivity contribution in [2.75, 3.05) is 0 Å². The number of nitro benzene ring substituents is 1. The lowest BCUT2D eigenvalue weighted by atomic mass is 10.0. The van der Waals surface area contributed by atoms with E-state index in [-0.39, 0.29) is 11.3 Å². The minimum atomic E-state index is -0.507. The highest BCUT2D eigenvalue weighted by Gasteiger charge is 2.26. The first kappa shape index (κ1) is 10.7. The first-order chi connectivity index (χ1) is 8.72. The minimum Gasteiger partial charge on any atom is -0.298 e. The molecule has 0 N–H and O–H groups in total. The number of aldehydes is 1. The van der Waals surface area contributed by atoms with Crippen molar-refractivity contribution in [3.05, 3.63) is 63.2 Å². The van der Waals surface area contributed by atoms with E-state index in [1.165, 1.54) is 6.07 Å². The van der Waals surface area contributed by atoms with Crippen molar-refractivity contribution in [2.45, 2.75) is 6.42 Å². The molecule has 2 aromatic carbocycles. The molecule has 0 spiro atoms. The molecule has 0 aromatic heterocycles. The van der Waals surface area contributed by atoms with Gasteiger partial charge in [0.05, 0.1) is 10.5 Å². The van der Waals surface area contributed by atoms with Gasteiger partial charge in [0.15, 0.2) is 6.29 Å². The van der Waals surface area contributed by atoms with Crippen LogP contribution in [0.25, 0.3) is 11.1 Å². The molecule has 3 rings (SSSR count). The summed E-state index contributed by atoms with van der Waals surface area (Å²) in [6.45, 7) is 0. The molecule has 4 nitrogen and oxygen atoms in total. The zero-order valence-electron chi connectivity index (χ0n) is 9.42. The van der Waals surface area contributed by atoms with Crippen LogP contribution in [0, 0.1) is 10.1 Å². The molecule has 0 saturated heterocycles. The molecule has 1 aliphatic rings. The molecule has 4 heteroatoms. The van der Waals surface area contributed by atoms with Crippen LogP contribution in [-0.4, -0.2) is 11.2 Å². The summed E-state index contributed by atoms with van der Waals surface area (Å²) in [5, 5.41) is 10.9. The van der Waals surface area contributed by atoms with Gasteiger partial charge in [0, 0.05) is 6.07 Å². The second-order valence-electron chi connectivity index (χ2n) is 4.23. The van der Waals surface area contributed by atoms with Crippen molar-refractivity contribution >= 4 is 12.0 Å². The maximum atomic E-state index is 11.1. The van der Waals surface area contributed by atoms with Gasteiger partial charge in [-0.2, -0.15) is 0 Å². The fourth-order valence-electron chi connectivity index (χ4n) is 2.51. The van der Waals surface area contributed by atoms with Gasteiger partial charge in [-0.05, 0) is 34.7 Å². The maximum Gasteiger partial charge on any atom is 0.280 e. The van der Waals surface area contributed by atoms with E-state index in [0.29, 0.717) is 12.7 Å². The van der Waals surface area contributed by atoms with E-state index in [4.69, 9.17) is 0 Å². The highest BCUT2D eigenvalue weighted by Crippen LogP contribution is 2.40. The molecule has 1 aliphatic carbocycles. The number of fused-ring (bicyclic) bond motifs is 3. The van der Waals surface area contributed by atoms with Crippen LogP contribution in [-0.2, 0) is 6.42 Å². The van der Waals surface area contributed by atoms with Crippen LogP contribution in [0.5, 0.6) is 0 Å². The molecule has 0 heterocycles. The fourth-order valence-corrected chi connectivity index (χ4v) is 2.51. The maximum absolute atomic E-state index is 11.1. The molecule has 2 aromatic rings. The van der Waals surface area contributed by atoms with E-state index >= 15 is 0 Å². The summed E-state index contributed by atoms with van der Waals surface area (Å²) in [4.78, 5) is 21.5. The van der Waals surface area contributed by atoms with E-state index in [9.17, 15) is 14.9 Å². The predicted molar refractivity (Wildman–Crippen MR) is 66.7 cm³/mol. The highest BCUT2D eigenvalue weighted by molar-refractivity contribution is 5.91. The van der Waals surface area contributed by atoms with Gasteiger partial charge in [-0.1, -0.05) is 24.3 Å². The van der Waals surface area contributed by atoms with E-state index in [1.807, 2.05) is 24.3 Å². The van der Waals surface area contributed by atoms with Crippen LogP contribution < -0.4 is 0 Å². The smallest absolute Gasteiger partial charge is 0.280 e. The van der Waals surface area contributed by atoms with Crippen molar-refractivity contribution in [3.63, 3.8) is 0 Å². The molecule has 0 saturated carbocycles. The van der Waals surface area contributed by atoms with Gasteiger partial charge in [-0.25, -0.2) is 0 Å². The van der Waals surface area contributed by atoms with Crippen LogP contribution in [0.3, 0.4) is 0 Å². The quantitative estimate of drug-likeness (QED) is 0.392. The van der Waals surface area contributed by atoms with E-state index < -0.39 is 4.92 Å². The number of hydrogen-bond acceptors (Lipinski definition) is 3. The predicted octanol–water partition coefficient (Wildman–Crippen LogP) is 2.98. The molecule has 0 fully saturated rings. The van der Waals surface area contributed by atoms with Crippen LogP contribution in [0.15, 0.2) is 36.4 Å². The summed E-state index contributed by atoms with van der Waals surface area (Å²) >= 11 is 0. The van der Waals surface area contributed by atoms with E-state index in [1.54, 1.807) is 6.07 Å². The van der Waals surface area contributed by atoms with Crippen molar-refractivity contribution in [2.24, 2.45) is 0 Å². The Kier molecular flexibility index (Phi) is 2.23. The monoisotopic (exact) mass is 239 g/mol. The van der Waals surface area contributed by atoms with Gasteiger partial charge in [-0.3, -0.25) is 14.9 Å². The third kappa shape index (κ3) is 1.35. The molecule has 88 valence electrons. The van der Waals surface area contributed by atoms with Gasteiger partial charge in [0.25, 0.3) is 5.69 Å². The van der Waals surface area contributed by atoms with Crippen molar-refractivity contribution in [1.29, 1.82) is 0 Å².